The lowest BCUT2D eigenvalue weighted by Crippen LogP contribution is -2.56. The van der Waals surface area contributed by atoms with Crippen LogP contribution in [-0.2, 0) is 27.3 Å². The number of amides is 3. The number of hydrogen-bond acceptors (Lipinski definition) is 5. The molecule has 4 rings (SSSR count). The number of nitrogens with zero attached hydrogens (tertiary/aromatic N) is 4. The van der Waals surface area contributed by atoms with Crippen molar-refractivity contribution in [1.82, 2.24) is 19.6 Å². The van der Waals surface area contributed by atoms with Crippen molar-refractivity contribution in [3.63, 3.8) is 0 Å². The first-order chi connectivity index (χ1) is 22.0. The van der Waals surface area contributed by atoms with Gasteiger partial charge >= 0.3 is 18.4 Å². The van der Waals surface area contributed by atoms with E-state index >= 15 is 0 Å². The van der Waals surface area contributed by atoms with Crippen molar-refractivity contribution in [2.75, 3.05) is 46.0 Å². The quantitative estimate of drug-likeness (QED) is 0.301. The molecule has 0 radical (unpaired) electrons. The fraction of sp³-hybridized carbons (Fsp3) is 0.548. The van der Waals surface area contributed by atoms with Gasteiger partial charge in [-0.3, -0.25) is 14.2 Å². The second kappa shape index (κ2) is 15.0. The van der Waals surface area contributed by atoms with Gasteiger partial charge in [0, 0.05) is 52.7 Å². The summed E-state index contributed by atoms with van der Waals surface area (Å²) in [5.41, 5.74) is -1.87. The van der Waals surface area contributed by atoms with Crippen molar-refractivity contribution < 1.29 is 53.3 Å². The Bertz CT molecular complexity index is 1540. The first kappa shape index (κ1) is 39.0. The molecule has 48 heavy (non-hydrogen) atoms. The van der Waals surface area contributed by atoms with Crippen molar-refractivity contribution in [2.24, 2.45) is 0 Å². The zero-order valence-electron chi connectivity index (χ0n) is 27.1. The highest BCUT2D eigenvalue weighted by molar-refractivity contribution is 7.85. The molecule has 2 heterocycles. The van der Waals surface area contributed by atoms with Crippen LogP contribution in [0.2, 0.25) is 0 Å². The number of piperidine rings is 1. The van der Waals surface area contributed by atoms with Crippen molar-refractivity contribution in [3.8, 4) is 0 Å². The van der Waals surface area contributed by atoms with Crippen molar-refractivity contribution in [2.45, 2.75) is 64.1 Å². The van der Waals surface area contributed by atoms with Gasteiger partial charge in [0.25, 0.3) is 10.1 Å². The highest BCUT2D eigenvalue weighted by Gasteiger charge is 2.40. The van der Waals surface area contributed by atoms with Crippen LogP contribution in [0.3, 0.4) is 0 Å². The highest BCUT2D eigenvalue weighted by atomic mass is 32.2. The molecule has 0 saturated carbocycles. The Balaban J connectivity index is 0.00000116. The molecule has 2 aliphatic rings. The molecule has 2 fully saturated rings. The van der Waals surface area contributed by atoms with Gasteiger partial charge < -0.3 is 14.7 Å². The van der Waals surface area contributed by atoms with E-state index in [-0.39, 0.29) is 30.1 Å². The standard InChI is InChI=1S/C30H35F7N4O2.CH4O3S/c1-18-13-24(31)5-6-26(18)27-17-25(40-11-9-39(10-12-40)20(3)42)7-8-41(27)28(43)38(4)19(2)21-14-22(29(32,33)34)16-23(15-21)30(35,36)37;1-5(2,3)4/h5-6,13-16,19,25,27H,7-12,17H2,1-4H3;1H3,(H,2,3,4)/t19-,25+,27+;/m1./s1. The fourth-order valence-corrected chi connectivity index (χ4v) is 6.03. The first-order valence-electron chi connectivity index (χ1n) is 15.0. The number of alkyl halides is 6. The number of hydrogen-bond donors (Lipinski definition) is 1. The lowest BCUT2D eigenvalue weighted by molar-refractivity contribution is -0.143. The van der Waals surface area contributed by atoms with Crippen LogP contribution in [0.15, 0.2) is 36.4 Å². The van der Waals surface area contributed by atoms with Crippen molar-refractivity contribution >= 4 is 22.1 Å². The van der Waals surface area contributed by atoms with Crippen LogP contribution < -0.4 is 0 Å². The molecule has 3 atom stereocenters. The molecule has 0 aliphatic carbocycles. The maximum Gasteiger partial charge on any atom is 0.416 e. The average Bonchev–Trinajstić information content (AvgIpc) is 2.98. The molecule has 0 unspecified atom stereocenters. The van der Waals surface area contributed by atoms with E-state index in [9.17, 15) is 48.7 Å². The van der Waals surface area contributed by atoms with Gasteiger partial charge in [0.1, 0.15) is 5.82 Å². The Morgan fingerprint density at radius 2 is 1.46 bits per heavy atom. The van der Waals surface area contributed by atoms with Crippen molar-refractivity contribution in [3.05, 3.63) is 70.0 Å². The number of piperazine rings is 1. The van der Waals surface area contributed by atoms with Gasteiger partial charge in [-0.05, 0) is 73.7 Å². The number of aryl methyl sites for hydroxylation is 1. The Morgan fingerprint density at radius 1 is 0.938 bits per heavy atom. The summed E-state index contributed by atoms with van der Waals surface area (Å²) in [6.45, 7) is 7.36. The number of benzene rings is 2. The number of urea groups is 1. The van der Waals surface area contributed by atoms with Gasteiger partial charge in [-0.2, -0.15) is 34.8 Å². The molecular weight excluding hydrogens is 673 g/mol. The molecule has 9 nitrogen and oxygen atoms in total. The smallest absolute Gasteiger partial charge is 0.340 e. The molecule has 2 aliphatic heterocycles. The monoisotopic (exact) mass is 712 g/mol. The summed E-state index contributed by atoms with van der Waals surface area (Å²) in [6.07, 6.45) is -8.25. The lowest BCUT2D eigenvalue weighted by Gasteiger charge is -2.47. The third-order valence-corrected chi connectivity index (χ3v) is 8.66. The lowest BCUT2D eigenvalue weighted by atomic mass is 9.88. The van der Waals surface area contributed by atoms with E-state index in [1.54, 1.807) is 22.8 Å². The molecule has 17 heteroatoms. The van der Waals surface area contributed by atoms with Crippen LogP contribution in [-0.4, -0.2) is 96.6 Å². The number of rotatable bonds is 4. The summed E-state index contributed by atoms with van der Waals surface area (Å²) in [5, 5.41) is 0. The predicted molar refractivity (Wildman–Crippen MR) is 163 cm³/mol. The van der Waals surface area contributed by atoms with E-state index in [4.69, 9.17) is 4.55 Å². The van der Waals surface area contributed by atoms with Gasteiger partial charge in [-0.1, -0.05) is 6.07 Å². The fourth-order valence-electron chi connectivity index (χ4n) is 6.03. The summed E-state index contributed by atoms with van der Waals surface area (Å²) >= 11 is 0. The zero-order chi connectivity index (χ0) is 36.4. The van der Waals surface area contributed by atoms with Gasteiger partial charge in [0.15, 0.2) is 0 Å². The molecule has 2 saturated heterocycles. The van der Waals surface area contributed by atoms with Crippen molar-refractivity contribution in [1.29, 1.82) is 0 Å². The van der Waals surface area contributed by atoms with Gasteiger partial charge in [0.05, 0.1) is 29.5 Å². The Hall–Kier alpha value is -3.44. The van der Waals surface area contributed by atoms with E-state index in [1.165, 1.54) is 33.0 Å². The van der Waals surface area contributed by atoms with Gasteiger partial charge in [-0.25, -0.2) is 9.18 Å². The minimum absolute atomic E-state index is 0.000149. The van der Waals surface area contributed by atoms with Crippen LogP contribution in [0, 0.1) is 12.7 Å². The number of carbonyl (C=O) groups is 2. The summed E-state index contributed by atoms with van der Waals surface area (Å²) in [5.74, 6) is -0.442. The second-order valence-electron chi connectivity index (χ2n) is 12.1. The van der Waals surface area contributed by atoms with Crippen LogP contribution in [0.1, 0.15) is 66.6 Å². The third-order valence-electron chi connectivity index (χ3n) is 8.66. The van der Waals surface area contributed by atoms with Crippen LogP contribution >= 0.6 is 0 Å². The third kappa shape index (κ3) is 10.3. The van der Waals surface area contributed by atoms with E-state index in [1.807, 2.05) is 0 Å². The van der Waals surface area contributed by atoms with Crippen LogP contribution in [0.4, 0.5) is 35.5 Å². The number of halogens is 7. The van der Waals surface area contributed by atoms with Gasteiger partial charge in [0.2, 0.25) is 5.91 Å². The van der Waals surface area contributed by atoms with E-state index in [2.05, 4.69) is 4.90 Å². The summed E-state index contributed by atoms with van der Waals surface area (Å²) in [4.78, 5) is 32.4. The average molecular weight is 713 g/mol. The Labute approximate surface area is 275 Å². The minimum Gasteiger partial charge on any atom is -0.340 e. The van der Waals surface area contributed by atoms with Crippen LogP contribution in [0.5, 0.6) is 0 Å². The molecule has 268 valence electrons. The Morgan fingerprint density at radius 3 is 1.92 bits per heavy atom. The second-order valence-corrected chi connectivity index (χ2v) is 13.5. The van der Waals surface area contributed by atoms with Crippen LogP contribution in [0.25, 0.3) is 0 Å². The molecule has 0 bridgehead atoms. The largest absolute Gasteiger partial charge is 0.416 e. The summed E-state index contributed by atoms with van der Waals surface area (Å²) in [6, 6.07) is 3.46. The topological polar surface area (TPSA) is 101 Å². The molecular formula is C31H39F7N4O5S. The highest BCUT2D eigenvalue weighted by Crippen LogP contribution is 2.40. The minimum atomic E-state index is -5.01. The maximum absolute atomic E-state index is 14.0. The molecule has 3 amide bonds. The molecule has 0 aromatic heterocycles. The number of carbonyl (C=O) groups excluding carboxylic acids is 2. The summed E-state index contributed by atoms with van der Waals surface area (Å²) < 4.78 is 121. The number of likely N-dealkylation sites (tertiary alicyclic amines) is 1. The Kier molecular flexibility index (Phi) is 12.2. The zero-order valence-corrected chi connectivity index (χ0v) is 27.9. The molecule has 2 aromatic rings. The molecule has 1 N–H and O–H groups in total. The SMILES string of the molecule is CC(=O)N1CCN([C@H]2CCN(C(=O)N(C)[C@H](C)c3cc(C(F)(F)F)cc(C(F)(F)F)c3)[C@H](c3ccc(F)cc3C)C2)CC1.CS(=O)(=O)O. The maximum atomic E-state index is 14.0. The molecule has 0 spiro atoms. The van der Waals surface area contributed by atoms with E-state index < -0.39 is 57.5 Å². The van der Waals surface area contributed by atoms with Gasteiger partial charge in [-0.15, -0.1) is 0 Å². The predicted octanol–water partition coefficient (Wildman–Crippen LogP) is 6.16. The normalized spacial score (nSPS) is 20.1. The van der Waals surface area contributed by atoms with E-state index in [0.29, 0.717) is 68.5 Å². The first-order valence-corrected chi connectivity index (χ1v) is 16.8. The molecule has 2 aromatic carbocycles. The van der Waals surface area contributed by atoms with E-state index in [0.717, 1.165) is 4.90 Å². The summed E-state index contributed by atoms with van der Waals surface area (Å²) in [7, 11) is -2.32.